The quantitative estimate of drug-likeness (QED) is 0.831. The van der Waals surface area contributed by atoms with Crippen molar-refractivity contribution in [1.29, 1.82) is 0 Å². The van der Waals surface area contributed by atoms with Crippen LogP contribution in [0.1, 0.15) is 37.9 Å². The largest absolute Gasteiger partial charge is 0.367 e. The van der Waals surface area contributed by atoms with Crippen LogP contribution in [0.2, 0.25) is 0 Å². The number of nitrogens with zero attached hydrogens (tertiary/aromatic N) is 3. The highest BCUT2D eigenvalue weighted by molar-refractivity contribution is 5.67. The molecule has 2 aliphatic rings. The first-order valence-electron chi connectivity index (χ1n) is 7.47. The number of hydrogen-bond donors (Lipinski definition) is 0. The van der Waals surface area contributed by atoms with Gasteiger partial charge in [0, 0.05) is 35.6 Å². The topological polar surface area (TPSA) is 21.1 Å². The maximum absolute atomic E-state index is 4.33. The van der Waals surface area contributed by atoms with Gasteiger partial charge in [-0.2, -0.15) is 0 Å². The second-order valence-corrected chi connectivity index (χ2v) is 6.87. The zero-order chi connectivity index (χ0) is 13.9. The Morgan fingerprint density at radius 2 is 2.05 bits per heavy atom. The predicted molar refractivity (Wildman–Crippen MR) is 81.7 cm³/mol. The Morgan fingerprint density at radius 1 is 1.25 bits per heavy atom. The summed E-state index contributed by atoms with van der Waals surface area (Å²) in [6, 6.07) is 7.64. The highest BCUT2D eigenvalue weighted by atomic mass is 15.2. The first-order valence-corrected chi connectivity index (χ1v) is 7.47. The van der Waals surface area contributed by atoms with Crippen LogP contribution < -0.4 is 4.90 Å². The number of anilines is 1. The van der Waals surface area contributed by atoms with E-state index in [1.165, 1.54) is 29.8 Å². The first kappa shape index (κ1) is 12.0. The van der Waals surface area contributed by atoms with Gasteiger partial charge in [0.05, 0.1) is 12.0 Å². The number of aryl methyl sites for hydroxylation is 1. The molecule has 0 spiro atoms. The summed E-state index contributed by atoms with van der Waals surface area (Å²) in [5.41, 5.74) is 5.46. The lowest BCUT2D eigenvalue weighted by Gasteiger charge is -2.22. The molecule has 0 unspecified atom stereocenters. The molecular formula is C17H21N3. The predicted octanol–water partition coefficient (Wildman–Crippen LogP) is 3.44. The fraction of sp³-hybridized carbons (Fsp3) is 0.471. The molecule has 0 amide bonds. The van der Waals surface area contributed by atoms with Crippen molar-refractivity contribution in [2.24, 2.45) is 0 Å². The van der Waals surface area contributed by atoms with E-state index in [9.17, 15) is 0 Å². The summed E-state index contributed by atoms with van der Waals surface area (Å²) in [6.07, 6.45) is 6.69. The van der Waals surface area contributed by atoms with Gasteiger partial charge in [0.15, 0.2) is 0 Å². The number of rotatable bonds is 2. The lowest BCUT2D eigenvalue weighted by Crippen LogP contribution is -2.30. The molecule has 3 heteroatoms. The molecule has 0 bridgehead atoms. The van der Waals surface area contributed by atoms with Gasteiger partial charge in [0.25, 0.3) is 0 Å². The lowest BCUT2D eigenvalue weighted by molar-refractivity contribution is 0.549. The Morgan fingerprint density at radius 3 is 2.70 bits per heavy atom. The van der Waals surface area contributed by atoms with Gasteiger partial charge in [-0.1, -0.05) is 19.9 Å². The second kappa shape index (κ2) is 3.87. The van der Waals surface area contributed by atoms with Crippen LogP contribution in [0, 0.1) is 6.92 Å². The lowest BCUT2D eigenvalue weighted by atomic mass is 9.87. The molecule has 1 aliphatic heterocycles. The molecule has 0 saturated heterocycles. The monoisotopic (exact) mass is 267 g/mol. The summed E-state index contributed by atoms with van der Waals surface area (Å²) in [5.74, 6) is 0. The molecule has 2 aromatic rings. The van der Waals surface area contributed by atoms with E-state index in [2.05, 4.69) is 52.7 Å². The van der Waals surface area contributed by atoms with Crippen molar-refractivity contribution in [3.8, 4) is 5.69 Å². The number of aromatic nitrogens is 2. The van der Waals surface area contributed by atoms with Gasteiger partial charge in [-0.15, -0.1) is 0 Å². The van der Waals surface area contributed by atoms with Crippen LogP contribution >= 0.6 is 0 Å². The Hall–Kier alpha value is -1.77. The zero-order valence-electron chi connectivity index (χ0n) is 12.4. The SMILES string of the molecule is Cc1cn(-c2ccc3c(c2)N(C2CC2)CC3(C)C)cn1. The van der Waals surface area contributed by atoms with Crippen molar-refractivity contribution >= 4 is 5.69 Å². The van der Waals surface area contributed by atoms with Crippen LogP contribution in [0.15, 0.2) is 30.7 Å². The van der Waals surface area contributed by atoms with E-state index in [-0.39, 0.29) is 5.41 Å². The third-order valence-electron chi connectivity index (χ3n) is 4.58. The molecule has 3 nitrogen and oxygen atoms in total. The van der Waals surface area contributed by atoms with Crippen LogP contribution in [0.25, 0.3) is 5.69 Å². The standard InChI is InChI=1S/C17H21N3/c1-12-9-19(11-18-12)14-6-7-15-16(8-14)20(13-4-5-13)10-17(15,2)3/h6-9,11,13H,4-5,10H2,1-3H3. The van der Waals surface area contributed by atoms with Gasteiger partial charge in [-0.05, 0) is 37.5 Å². The highest BCUT2D eigenvalue weighted by Crippen LogP contribution is 2.46. The number of hydrogen-bond acceptors (Lipinski definition) is 2. The van der Waals surface area contributed by atoms with E-state index in [0.29, 0.717) is 0 Å². The van der Waals surface area contributed by atoms with Gasteiger partial charge >= 0.3 is 0 Å². The molecule has 0 radical (unpaired) electrons. The average Bonchev–Trinajstić information content (AvgIpc) is 3.11. The molecule has 1 aromatic heterocycles. The van der Waals surface area contributed by atoms with Crippen molar-refractivity contribution in [3.63, 3.8) is 0 Å². The minimum absolute atomic E-state index is 0.265. The summed E-state index contributed by atoms with van der Waals surface area (Å²) in [5, 5.41) is 0. The zero-order valence-corrected chi connectivity index (χ0v) is 12.4. The Bertz CT molecular complexity index is 665. The molecule has 1 saturated carbocycles. The van der Waals surface area contributed by atoms with Gasteiger partial charge < -0.3 is 9.47 Å². The summed E-state index contributed by atoms with van der Waals surface area (Å²) in [4.78, 5) is 6.94. The van der Waals surface area contributed by atoms with E-state index >= 15 is 0 Å². The summed E-state index contributed by atoms with van der Waals surface area (Å²) in [6.45, 7) is 7.90. The number of benzene rings is 1. The highest BCUT2D eigenvalue weighted by Gasteiger charge is 2.41. The van der Waals surface area contributed by atoms with Crippen molar-refractivity contribution in [3.05, 3.63) is 42.0 Å². The molecule has 1 fully saturated rings. The van der Waals surface area contributed by atoms with Crippen molar-refractivity contribution in [2.45, 2.75) is 45.1 Å². The molecule has 1 aromatic carbocycles. The molecule has 0 N–H and O–H groups in total. The van der Waals surface area contributed by atoms with Crippen molar-refractivity contribution in [1.82, 2.24) is 9.55 Å². The molecule has 1 aliphatic carbocycles. The number of fused-ring (bicyclic) bond motifs is 1. The minimum atomic E-state index is 0.265. The van der Waals surface area contributed by atoms with Crippen molar-refractivity contribution < 1.29 is 0 Å². The second-order valence-electron chi connectivity index (χ2n) is 6.87. The maximum Gasteiger partial charge on any atom is 0.0995 e. The van der Waals surface area contributed by atoms with E-state index in [1.807, 2.05) is 13.3 Å². The van der Waals surface area contributed by atoms with E-state index in [0.717, 1.165) is 18.3 Å². The summed E-state index contributed by atoms with van der Waals surface area (Å²) >= 11 is 0. The fourth-order valence-corrected chi connectivity index (χ4v) is 3.36. The van der Waals surface area contributed by atoms with E-state index in [1.54, 1.807) is 0 Å². The third kappa shape index (κ3) is 1.76. The molecule has 20 heavy (non-hydrogen) atoms. The minimum Gasteiger partial charge on any atom is -0.367 e. The fourth-order valence-electron chi connectivity index (χ4n) is 3.36. The van der Waals surface area contributed by atoms with E-state index < -0.39 is 0 Å². The average molecular weight is 267 g/mol. The van der Waals surface area contributed by atoms with Gasteiger partial charge in [0.1, 0.15) is 0 Å². The summed E-state index contributed by atoms with van der Waals surface area (Å²) < 4.78 is 2.12. The third-order valence-corrected chi connectivity index (χ3v) is 4.58. The molecule has 104 valence electrons. The first-order chi connectivity index (χ1) is 9.54. The van der Waals surface area contributed by atoms with Crippen LogP contribution in [0.3, 0.4) is 0 Å². The maximum atomic E-state index is 4.33. The van der Waals surface area contributed by atoms with Gasteiger partial charge in [-0.25, -0.2) is 4.98 Å². The molecule has 4 rings (SSSR count). The smallest absolute Gasteiger partial charge is 0.0995 e. The van der Waals surface area contributed by atoms with Crippen LogP contribution in [-0.4, -0.2) is 22.1 Å². The number of imidazole rings is 1. The Labute approximate surface area is 120 Å². The Balaban J connectivity index is 1.81. The van der Waals surface area contributed by atoms with Crippen LogP contribution in [-0.2, 0) is 5.41 Å². The van der Waals surface area contributed by atoms with Crippen molar-refractivity contribution in [2.75, 3.05) is 11.4 Å². The van der Waals surface area contributed by atoms with E-state index in [4.69, 9.17) is 0 Å². The molecule has 0 atom stereocenters. The van der Waals surface area contributed by atoms with Crippen LogP contribution in [0.5, 0.6) is 0 Å². The Kier molecular flexibility index (Phi) is 2.33. The molecular weight excluding hydrogens is 246 g/mol. The molecule has 2 heterocycles. The normalized spacial score (nSPS) is 20.2. The van der Waals surface area contributed by atoms with Gasteiger partial charge in [-0.3, -0.25) is 0 Å². The van der Waals surface area contributed by atoms with Crippen LogP contribution in [0.4, 0.5) is 5.69 Å². The van der Waals surface area contributed by atoms with Gasteiger partial charge in [0.2, 0.25) is 0 Å². The summed E-state index contributed by atoms with van der Waals surface area (Å²) in [7, 11) is 0.